The molecular weight excluding hydrogens is 374 g/mol. The molecule has 0 saturated heterocycles. The van der Waals surface area contributed by atoms with Gasteiger partial charge in [0.05, 0.1) is 11.7 Å². The first kappa shape index (κ1) is 18.9. The number of ether oxygens (including phenoxy) is 3. The zero-order valence-corrected chi connectivity index (χ0v) is 16.4. The van der Waals surface area contributed by atoms with E-state index in [1.807, 2.05) is 32.0 Å². The molecule has 0 saturated carbocycles. The number of carbonyl (C=O) groups excluding carboxylic acids is 1. The minimum Gasteiger partial charge on any atom is -0.491 e. The van der Waals surface area contributed by atoms with Crippen molar-refractivity contribution in [2.24, 2.45) is 0 Å². The van der Waals surface area contributed by atoms with E-state index < -0.39 is 5.63 Å². The van der Waals surface area contributed by atoms with Gasteiger partial charge in [0.1, 0.15) is 11.3 Å². The Bertz CT molecular complexity index is 1130. The maximum atomic E-state index is 13.1. The molecule has 2 aromatic carbocycles. The Balaban J connectivity index is 1.62. The summed E-state index contributed by atoms with van der Waals surface area (Å²) in [5.41, 5.74) is 0.912. The van der Waals surface area contributed by atoms with E-state index in [0.717, 1.165) is 5.56 Å². The summed E-state index contributed by atoms with van der Waals surface area (Å²) >= 11 is 0. The summed E-state index contributed by atoms with van der Waals surface area (Å²) in [6.07, 6.45) is -0.0168. The van der Waals surface area contributed by atoms with E-state index in [4.69, 9.17) is 18.6 Å². The molecule has 0 atom stereocenters. The third-order valence-electron chi connectivity index (χ3n) is 4.52. The standard InChI is InChI=1S/C22H21NO6/c1-13(2)28-15-5-6-16-17(10-21(24)29-19(16)9-15)22(25)23(3)11-14-4-7-18-20(8-14)27-12-26-18/h4-10,13H,11-12H2,1-3H3. The van der Waals surface area contributed by atoms with Crippen LogP contribution >= 0.6 is 0 Å². The number of benzene rings is 2. The maximum Gasteiger partial charge on any atom is 0.337 e. The zero-order chi connectivity index (χ0) is 20.5. The third kappa shape index (κ3) is 3.89. The summed E-state index contributed by atoms with van der Waals surface area (Å²) in [4.78, 5) is 26.7. The molecule has 29 heavy (non-hydrogen) atoms. The fraction of sp³-hybridized carbons (Fsp3) is 0.273. The number of hydrogen-bond acceptors (Lipinski definition) is 6. The Morgan fingerprint density at radius 3 is 2.69 bits per heavy atom. The number of nitrogens with zero attached hydrogens (tertiary/aromatic N) is 1. The normalized spacial score (nSPS) is 12.4. The van der Waals surface area contributed by atoms with Crippen LogP contribution in [0.15, 0.2) is 51.7 Å². The molecule has 4 rings (SSSR count). The lowest BCUT2D eigenvalue weighted by Gasteiger charge is -2.18. The van der Waals surface area contributed by atoms with Gasteiger partial charge < -0.3 is 23.5 Å². The van der Waals surface area contributed by atoms with Crippen molar-refractivity contribution in [3.63, 3.8) is 0 Å². The molecule has 0 unspecified atom stereocenters. The highest BCUT2D eigenvalue weighted by molar-refractivity contribution is 6.05. The predicted molar refractivity (Wildman–Crippen MR) is 107 cm³/mol. The summed E-state index contributed by atoms with van der Waals surface area (Å²) in [5, 5.41) is 0.559. The summed E-state index contributed by atoms with van der Waals surface area (Å²) < 4.78 is 21.6. The van der Waals surface area contributed by atoms with Crippen LogP contribution in [0.5, 0.6) is 17.2 Å². The number of rotatable bonds is 5. The summed E-state index contributed by atoms with van der Waals surface area (Å²) in [6, 6.07) is 11.9. The highest BCUT2D eigenvalue weighted by Gasteiger charge is 2.19. The van der Waals surface area contributed by atoms with E-state index >= 15 is 0 Å². The fourth-order valence-electron chi connectivity index (χ4n) is 3.26. The molecule has 1 aromatic heterocycles. The van der Waals surface area contributed by atoms with Gasteiger partial charge in [0.25, 0.3) is 5.91 Å². The van der Waals surface area contributed by atoms with Crippen LogP contribution in [-0.2, 0) is 6.54 Å². The summed E-state index contributed by atoms with van der Waals surface area (Å²) in [5.74, 6) is 1.65. The summed E-state index contributed by atoms with van der Waals surface area (Å²) in [6.45, 7) is 4.37. The fourth-order valence-corrected chi connectivity index (χ4v) is 3.26. The monoisotopic (exact) mass is 395 g/mol. The van der Waals surface area contributed by atoms with Gasteiger partial charge >= 0.3 is 5.63 Å². The lowest BCUT2D eigenvalue weighted by molar-refractivity contribution is 0.0786. The van der Waals surface area contributed by atoms with E-state index in [-0.39, 0.29) is 24.4 Å². The van der Waals surface area contributed by atoms with Crippen LogP contribution in [0.2, 0.25) is 0 Å². The number of hydrogen-bond donors (Lipinski definition) is 0. The highest BCUT2D eigenvalue weighted by atomic mass is 16.7. The van der Waals surface area contributed by atoms with E-state index in [9.17, 15) is 9.59 Å². The lowest BCUT2D eigenvalue weighted by atomic mass is 10.1. The van der Waals surface area contributed by atoms with E-state index in [1.54, 1.807) is 30.1 Å². The molecule has 2 heterocycles. The van der Waals surface area contributed by atoms with Gasteiger partial charge in [-0.05, 0) is 43.7 Å². The molecule has 3 aromatic rings. The number of carbonyl (C=O) groups is 1. The van der Waals surface area contributed by atoms with Crippen molar-refractivity contribution in [3.05, 3.63) is 64.0 Å². The zero-order valence-electron chi connectivity index (χ0n) is 16.4. The van der Waals surface area contributed by atoms with Gasteiger partial charge in [0.2, 0.25) is 6.79 Å². The van der Waals surface area contributed by atoms with Crippen LogP contribution < -0.4 is 19.8 Å². The highest BCUT2D eigenvalue weighted by Crippen LogP contribution is 2.33. The van der Waals surface area contributed by atoms with Crippen LogP contribution in [0.4, 0.5) is 0 Å². The van der Waals surface area contributed by atoms with Crippen LogP contribution in [0.3, 0.4) is 0 Å². The predicted octanol–water partition coefficient (Wildman–Crippen LogP) is 3.58. The molecule has 0 fully saturated rings. The average molecular weight is 395 g/mol. The Hall–Kier alpha value is -3.48. The molecular formula is C22H21NO6. The second-order valence-electron chi connectivity index (χ2n) is 7.15. The van der Waals surface area contributed by atoms with Crippen molar-refractivity contribution >= 4 is 16.9 Å². The number of fused-ring (bicyclic) bond motifs is 2. The van der Waals surface area contributed by atoms with Crippen LogP contribution in [0.1, 0.15) is 29.8 Å². The largest absolute Gasteiger partial charge is 0.491 e. The van der Waals surface area contributed by atoms with Gasteiger partial charge in [-0.15, -0.1) is 0 Å². The van der Waals surface area contributed by atoms with Crippen LogP contribution in [0.25, 0.3) is 11.0 Å². The molecule has 0 aliphatic carbocycles. The molecule has 0 radical (unpaired) electrons. The Morgan fingerprint density at radius 2 is 1.90 bits per heavy atom. The SMILES string of the molecule is CC(C)Oc1ccc2c(C(=O)N(C)Cc3ccc4c(c3)OCO4)cc(=O)oc2c1. The van der Waals surface area contributed by atoms with Crippen molar-refractivity contribution < 1.29 is 23.4 Å². The Morgan fingerprint density at radius 1 is 1.10 bits per heavy atom. The molecule has 0 N–H and O–H groups in total. The molecule has 7 heteroatoms. The minimum absolute atomic E-state index is 0.0168. The van der Waals surface area contributed by atoms with Gasteiger partial charge in [0.15, 0.2) is 11.5 Å². The first-order valence-electron chi connectivity index (χ1n) is 9.29. The average Bonchev–Trinajstić information content (AvgIpc) is 3.13. The molecule has 1 aliphatic heterocycles. The third-order valence-corrected chi connectivity index (χ3v) is 4.52. The van der Waals surface area contributed by atoms with Crippen molar-refractivity contribution in [1.82, 2.24) is 4.90 Å². The minimum atomic E-state index is -0.584. The molecule has 0 spiro atoms. The van der Waals surface area contributed by atoms with Gasteiger partial charge in [-0.3, -0.25) is 4.79 Å². The summed E-state index contributed by atoms with van der Waals surface area (Å²) in [7, 11) is 1.68. The Labute approximate surface area is 167 Å². The van der Waals surface area contributed by atoms with Gasteiger partial charge in [-0.1, -0.05) is 6.07 Å². The van der Waals surface area contributed by atoms with E-state index in [0.29, 0.717) is 34.8 Å². The van der Waals surface area contributed by atoms with Crippen molar-refractivity contribution in [1.29, 1.82) is 0 Å². The van der Waals surface area contributed by atoms with Crippen molar-refractivity contribution in [3.8, 4) is 17.2 Å². The first-order valence-corrected chi connectivity index (χ1v) is 9.29. The molecule has 0 bridgehead atoms. The van der Waals surface area contributed by atoms with Crippen LogP contribution in [-0.4, -0.2) is 30.8 Å². The maximum absolute atomic E-state index is 13.1. The van der Waals surface area contributed by atoms with Crippen molar-refractivity contribution in [2.75, 3.05) is 13.8 Å². The van der Waals surface area contributed by atoms with E-state index in [2.05, 4.69) is 0 Å². The lowest BCUT2D eigenvalue weighted by Crippen LogP contribution is -2.27. The molecule has 1 amide bonds. The topological polar surface area (TPSA) is 78.2 Å². The smallest absolute Gasteiger partial charge is 0.337 e. The molecule has 1 aliphatic rings. The van der Waals surface area contributed by atoms with Gasteiger partial charge in [-0.2, -0.15) is 0 Å². The Kier molecular flexibility index (Phi) is 4.88. The number of amides is 1. The second kappa shape index (κ2) is 7.50. The molecule has 150 valence electrons. The molecule has 7 nitrogen and oxygen atoms in total. The van der Waals surface area contributed by atoms with Gasteiger partial charge in [-0.25, -0.2) is 4.79 Å². The first-order chi connectivity index (χ1) is 13.9. The van der Waals surface area contributed by atoms with Crippen LogP contribution in [0, 0.1) is 0 Å². The quantitative estimate of drug-likeness (QED) is 0.615. The van der Waals surface area contributed by atoms with Gasteiger partial charge in [0, 0.05) is 31.1 Å². The second-order valence-corrected chi connectivity index (χ2v) is 7.15. The van der Waals surface area contributed by atoms with Crippen molar-refractivity contribution in [2.45, 2.75) is 26.5 Å². The van der Waals surface area contributed by atoms with E-state index in [1.165, 1.54) is 6.07 Å².